The molecule has 34 heavy (non-hydrogen) atoms. The van der Waals surface area contributed by atoms with Crippen molar-refractivity contribution >= 4 is 27.3 Å². The maximum Gasteiger partial charge on any atom is 0.273 e. The Morgan fingerprint density at radius 1 is 1.15 bits per heavy atom. The standard InChI is InChI=1S/C26H27BrN4O2S/c1-14(2)25-29-11-15(3)23(30-25)21-10-20(7-8-28-21)31-18(6)17(5)24(22(27)26(31)32)33-12-19-9-16(4)34-13-19/h7-11,13-14H,12H2,1-6H3. The molecule has 0 aliphatic carbocycles. The number of halogens is 1. The van der Waals surface area contributed by atoms with Gasteiger partial charge in [0.05, 0.1) is 17.1 Å². The number of pyridine rings is 2. The van der Waals surface area contributed by atoms with Gasteiger partial charge in [-0.2, -0.15) is 0 Å². The van der Waals surface area contributed by atoms with Gasteiger partial charge in [-0.25, -0.2) is 9.97 Å². The van der Waals surface area contributed by atoms with Crippen LogP contribution >= 0.6 is 27.3 Å². The van der Waals surface area contributed by atoms with E-state index in [9.17, 15) is 4.79 Å². The molecule has 4 rings (SSSR count). The van der Waals surface area contributed by atoms with Gasteiger partial charge >= 0.3 is 0 Å². The maximum absolute atomic E-state index is 13.4. The first kappa shape index (κ1) is 24.3. The van der Waals surface area contributed by atoms with Gasteiger partial charge in [0, 0.05) is 40.0 Å². The minimum atomic E-state index is -0.181. The molecule has 8 heteroatoms. The minimum absolute atomic E-state index is 0.181. The quantitative estimate of drug-likeness (QED) is 0.282. The normalized spacial score (nSPS) is 11.3. The molecule has 0 aliphatic heterocycles. The third kappa shape index (κ3) is 4.70. The number of hydrogen-bond acceptors (Lipinski definition) is 6. The summed E-state index contributed by atoms with van der Waals surface area (Å²) in [5.74, 6) is 1.55. The van der Waals surface area contributed by atoms with Crippen LogP contribution < -0.4 is 10.3 Å². The molecule has 0 saturated heterocycles. The highest BCUT2D eigenvalue weighted by Gasteiger charge is 2.19. The summed E-state index contributed by atoms with van der Waals surface area (Å²) in [7, 11) is 0. The highest BCUT2D eigenvalue weighted by molar-refractivity contribution is 9.10. The van der Waals surface area contributed by atoms with Gasteiger partial charge in [0.2, 0.25) is 0 Å². The Labute approximate surface area is 211 Å². The van der Waals surface area contributed by atoms with E-state index in [2.05, 4.69) is 58.1 Å². The van der Waals surface area contributed by atoms with Gasteiger partial charge in [0.15, 0.2) is 0 Å². The third-order valence-electron chi connectivity index (χ3n) is 5.73. The van der Waals surface area contributed by atoms with E-state index in [1.54, 1.807) is 22.1 Å². The Morgan fingerprint density at radius 2 is 1.91 bits per heavy atom. The second-order valence-electron chi connectivity index (χ2n) is 8.66. The number of thiophene rings is 1. The zero-order valence-corrected chi connectivity index (χ0v) is 22.5. The third-order valence-corrected chi connectivity index (χ3v) is 7.34. The minimum Gasteiger partial charge on any atom is -0.487 e. The van der Waals surface area contributed by atoms with Gasteiger partial charge in [-0.3, -0.25) is 14.3 Å². The molecule has 0 atom stereocenters. The molecule has 4 aromatic rings. The summed E-state index contributed by atoms with van der Waals surface area (Å²) in [6.07, 6.45) is 3.53. The van der Waals surface area contributed by atoms with Crippen LogP contribution in [0.25, 0.3) is 17.1 Å². The summed E-state index contributed by atoms with van der Waals surface area (Å²) in [6, 6.07) is 5.83. The Kier molecular flexibility index (Phi) is 7.00. The lowest BCUT2D eigenvalue weighted by molar-refractivity contribution is 0.301. The van der Waals surface area contributed by atoms with Crippen LogP contribution in [-0.4, -0.2) is 19.5 Å². The fourth-order valence-corrected chi connectivity index (χ4v) is 5.02. The molecule has 0 amide bonds. The van der Waals surface area contributed by atoms with E-state index in [4.69, 9.17) is 9.72 Å². The number of ether oxygens (including phenoxy) is 1. The van der Waals surface area contributed by atoms with E-state index >= 15 is 0 Å². The van der Waals surface area contributed by atoms with Gasteiger partial charge in [-0.05, 0) is 72.8 Å². The van der Waals surface area contributed by atoms with Crippen molar-refractivity contribution in [3.05, 3.63) is 83.9 Å². The van der Waals surface area contributed by atoms with Crippen LogP contribution in [0.3, 0.4) is 0 Å². The summed E-state index contributed by atoms with van der Waals surface area (Å²) in [6.45, 7) is 12.5. The first-order valence-electron chi connectivity index (χ1n) is 11.1. The smallest absolute Gasteiger partial charge is 0.273 e. The average molecular weight is 539 g/mol. The lowest BCUT2D eigenvalue weighted by Crippen LogP contribution is -2.23. The van der Waals surface area contributed by atoms with Crippen LogP contribution in [0.4, 0.5) is 0 Å². The summed E-state index contributed by atoms with van der Waals surface area (Å²) < 4.78 is 8.17. The monoisotopic (exact) mass is 538 g/mol. The van der Waals surface area contributed by atoms with E-state index in [0.29, 0.717) is 22.5 Å². The van der Waals surface area contributed by atoms with E-state index in [1.807, 2.05) is 39.1 Å². The fourth-order valence-electron chi connectivity index (χ4n) is 3.74. The molecule has 0 aromatic carbocycles. The SMILES string of the molecule is Cc1cc(COc2c(C)c(C)n(-c3ccnc(-c4nc(C(C)C)ncc4C)c3)c(=O)c2Br)cs1. The van der Waals surface area contributed by atoms with Crippen LogP contribution in [0.1, 0.15) is 52.9 Å². The van der Waals surface area contributed by atoms with Crippen molar-refractivity contribution in [1.29, 1.82) is 0 Å². The van der Waals surface area contributed by atoms with Gasteiger partial charge in [0.1, 0.15) is 22.7 Å². The first-order valence-corrected chi connectivity index (χ1v) is 12.7. The molecule has 6 nitrogen and oxygen atoms in total. The number of rotatable bonds is 6. The van der Waals surface area contributed by atoms with Crippen molar-refractivity contribution in [2.24, 2.45) is 0 Å². The predicted molar refractivity (Wildman–Crippen MR) is 140 cm³/mol. The summed E-state index contributed by atoms with van der Waals surface area (Å²) in [4.78, 5) is 28.4. The predicted octanol–water partition coefficient (Wildman–Crippen LogP) is 6.45. The molecule has 0 aliphatic rings. The molecule has 176 valence electrons. The Morgan fingerprint density at radius 3 is 2.59 bits per heavy atom. The molecule has 0 bridgehead atoms. The van der Waals surface area contributed by atoms with Crippen molar-refractivity contribution in [2.45, 2.75) is 54.1 Å². The van der Waals surface area contributed by atoms with E-state index in [-0.39, 0.29) is 11.5 Å². The van der Waals surface area contributed by atoms with Crippen molar-refractivity contribution in [2.75, 3.05) is 0 Å². The van der Waals surface area contributed by atoms with Gasteiger partial charge in [-0.1, -0.05) is 13.8 Å². The van der Waals surface area contributed by atoms with Crippen LogP contribution in [0.5, 0.6) is 5.75 Å². The fraction of sp³-hybridized carbons (Fsp3) is 0.308. The number of nitrogens with zero attached hydrogens (tertiary/aromatic N) is 4. The summed E-state index contributed by atoms with van der Waals surface area (Å²) in [5.41, 5.74) is 5.75. The Hall–Kier alpha value is -2.84. The largest absolute Gasteiger partial charge is 0.487 e. The number of aryl methyl sites for hydroxylation is 2. The van der Waals surface area contributed by atoms with Gasteiger partial charge in [0.25, 0.3) is 5.56 Å². The second kappa shape index (κ2) is 9.80. The summed E-state index contributed by atoms with van der Waals surface area (Å²) >= 11 is 5.18. The molecule has 0 radical (unpaired) electrons. The van der Waals surface area contributed by atoms with E-state index < -0.39 is 0 Å². The van der Waals surface area contributed by atoms with Crippen LogP contribution in [0, 0.1) is 27.7 Å². The maximum atomic E-state index is 13.4. The zero-order chi connectivity index (χ0) is 24.6. The highest BCUT2D eigenvalue weighted by Crippen LogP contribution is 2.31. The molecule has 0 saturated carbocycles. The molecule has 4 aromatic heterocycles. The summed E-state index contributed by atoms with van der Waals surface area (Å²) in [5, 5.41) is 2.07. The molecule has 0 spiro atoms. The van der Waals surface area contributed by atoms with Crippen molar-refractivity contribution < 1.29 is 4.74 Å². The molecule has 0 fully saturated rings. The molecular formula is C26H27BrN4O2S. The first-order chi connectivity index (χ1) is 16.2. The molecule has 4 heterocycles. The van der Waals surface area contributed by atoms with Crippen LogP contribution in [-0.2, 0) is 6.61 Å². The topological polar surface area (TPSA) is 69.9 Å². The Balaban J connectivity index is 1.76. The van der Waals surface area contributed by atoms with E-state index in [0.717, 1.165) is 39.6 Å². The Bertz CT molecular complexity index is 1430. The lowest BCUT2D eigenvalue weighted by atomic mass is 10.1. The number of hydrogen-bond donors (Lipinski definition) is 0. The zero-order valence-electron chi connectivity index (χ0n) is 20.1. The van der Waals surface area contributed by atoms with Crippen molar-refractivity contribution in [1.82, 2.24) is 19.5 Å². The van der Waals surface area contributed by atoms with Crippen LogP contribution in [0.2, 0.25) is 0 Å². The lowest BCUT2D eigenvalue weighted by Gasteiger charge is -2.18. The van der Waals surface area contributed by atoms with Crippen molar-refractivity contribution in [3.8, 4) is 22.8 Å². The van der Waals surface area contributed by atoms with Crippen LogP contribution in [0.15, 0.2) is 45.2 Å². The van der Waals surface area contributed by atoms with E-state index in [1.165, 1.54) is 4.88 Å². The second-order valence-corrected chi connectivity index (χ2v) is 10.6. The molecule has 0 unspecified atom stereocenters. The van der Waals surface area contributed by atoms with Gasteiger partial charge < -0.3 is 4.74 Å². The van der Waals surface area contributed by atoms with Crippen molar-refractivity contribution in [3.63, 3.8) is 0 Å². The van der Waals surface area contributed by atoms with Gasteiger partial charge in [-0.15, -0.1) is 11.3 Å². The molecular weight excluding hydrogens is 512 g/mol. The number of aromatic nitrogens is 4. The average Bonchev–Trinajstić information content (AvgIpc) is 3.23. The molecule has 0 N–H and O–H groups in total. The highest BCUT2D eigenvalue weighted by atomic mass is 79.9.